The molecular formula is C16H19N5O4. The molecule has 0 fully saturated rings. The van der Waals surface area contributed by atoms with Crippen LogP contribution in [0.2, 0.25) is 0 Å². The standard InChI is InChI=1S/C16H19N5O4/c1-10(15-20-14(21-25-15)6-7-23-2)18-16(22)19-12-4-5-13(24-3)11(8-12)9-17/h4-5,8,10H,6-7H2,1-3H3,(H2,18,19,22)/t10-/m0/s1. The van der Waals surface area contributed by atoms with Gasteiger partial charge in [0.2, 0.25) is 5.89 Å². The van der Waals surface area contributed by atoms with Crippen LogP contribution in [0.3, 0.4) is 0 Å². The van der Waals surface area contributed by atoms with Gasteiger partial charge in [0.15, 0.2) is 5.82 Å². The van der Waals surface area contributed by atoms with E-state index < -0.39 is 12.1 Å². The summed E-state index contributed by atoms with van der Waals surface area (Å²) in [6.07, 6.45) is 0.529. The fourth-order valence-corrected chi connectivity index (χ4v) is 2.04. The quantitative estimate of drug-likeness (QED) is 0.787. The predicted molar refractivity (Wildman–Crippen MR) is 88.2 cm³/mol. The molecule has 1 atom stereocenters. The molecule has 132 valence electrons. The van der Waals surface area contributed by atoms with E-state index in [1.165, 1.54) is 13.2 Å². The van der Waals surface area contributed by atoms with Crippen LogP contribution in [0.25, 0.3) is 0 Å². The number of carbonyl (C=O) groups excluding carboxylic acids is 1. The number of anilines is 1. The Morgan fingerprint density at radius 2 is 2.24 bits per heavy atom. The zero-order valence-corrected chi connectivity index (χ0v) is 14.2. The Balaban J connectivity index is 1.95. The number of nitrogens with one attached hydrogen (secondary N) is 2. The maximum Gasteiger partial charge on any atom is 0.319 e. The topological polar surface area (TPSA) is 122 Å². The first-order valence-corrected chi connectivity index (χ1v) is 7.54. The molecule has 0 aliphatic rings. The third-order valence-electron chi connectivity index (χ3n) is 3.31. The fourth-order valence-electron chi connectivity index (χ4n) is 2.04. The van der Waals surface area contributed by atoms with Gasteiger partial charge in [0, 0.05) is 19.2 Å². The molecule has 0 spiro atoms. The number of aromatic nitrogens is 2. The van der Waals surface area contributed by atoms with E-state index in [1.807, 2.05) is 6.07 Å². The van der Waals surface area contributed by atoms with E-state index in [4.69, 9.17) is 19.3 Å². The van der Waals surface area contributed by atoms with Gasteiger partial charge in [-0.1, -0.05) is 5.16 Å². The van der Waals surface area contributed by atoms with Gasteiger partial charge in [-0.05, 0) is 25.1 Å². The van der Waals surface area contributed by atoms with Crippen molar-refractivity contribution < 1.29 is 18.8 Å². The third-order valence-corrected chi connectivity index (χ3v) is 3.31. The van der Waals surface area contributed by atoms with Gasteiger partial charge in [0.05, 0.1) is 19.3 Å². The molecular weight excluding hydrogens is 326 g/mol. The number of ether oxygens (including phenoxy) is 2. The smallest absolute Gasteiger partial charge is 0.319 e. The van der Waals surface area contributed by atoms with Crippen molar-refractivity contribution >= 4 is 11.7 Å². The number of hydrogen-bond acceptors (Lipinski definition) is 7. The minimum absolute atomic E-state index is 0.300. The second kappa shape index (κ2) is 8.65. The van der Waals surface area contributed by atoms with Crippen LogP contribution in [0.15, 0.2) is 22.7 Å². The summed E-state index contributed by atoms with van der Waals surface area (Å²) in [5, 5.41) is 18.2. The van der Waals surface area contributed by atoms with Crippen LogP contribution in [-0.4, -0.2) is 37.0 Å². The van der Waals surface area contributed by atoms with E-state index in [0.29, 0.717) is 41.7 Å². The average Bonchev–Trinajstić information content (AvgIpc) is 3.08. The van der Waals surface area contributed by atoms with Crippen molar-refractivity contribution in [2.75, 3.05) is 26.1 Å². The van der Waals surface area contributed by atoms with Crippen molar-refractivity contribution in [3.63, 3.8) is 0 Å². The van der Waals surface area contributed by atoms with E-state index in [1.54, 1.807) is 26.2 Å². The summed E-state index contributed by atoms with van der Waals surface area (Å²) in [7, 11) is 3.06. The molecule has 0 saturated heterocycles. The summed E-state index contributed by atoms with van der Waals surface area (Å²) < 4.78 is 15.1. The van der Waals surface area contributed by atoms with Crippen molar-refractivity contribution in [3.05, 3.63) is 35.5 Å². The number of hydrogen-bond donors (Lipinski definition) is 2. The molecule has 0 radical (unpaired) electrons. The monoisotopic (exact) mass is 345 g/mol. The number of urea groups is 1. The van der Waals surface area contributed by atoms with Crippen LogP contribution in [0.1, 0.15) is 30.2 Å². The first-order chi connectivity index (χ1) is 12.1. The van der Waals surface area contributed by atoms with E-state index in [9.17, 15) is 4.79 Å². The molecule has 2 N–H and O–H groups in total. The highest BCUT2D eigenvalue weighted by atomic mass is 16.5. The number of carbonyl (C=O) groups is 1. The lowest BCUT2D eigenvalue weighted by Gasteiger charge is -2.12. The Morgan fingerprint density at radius 3 is 2.92 bits per heavy atom. The van der Waals surface area contributed by atoms with Gasteiger partial charge >= 0.3 is 6.03 Å². The lowest BCUT2D eigenvalue weighted by molar-refractivity contribution is 0.199. The first kappa shape index (κ1) is 18.2. The van der Waals surface area contributed by atoms with Crippen LogP contribution in [0.5, 0.6) is 5.75 Å². The highest BCUT2D eigenvalue weighted by molar-refractivity contribution is 5.89. The molecule has 1 aromatic carbocycles. The molecule has 9 heteroatoms. The highest BCUT2D eigenvalue weighted by Crippen LogP contribution is 2.21. The van der Waals surface area contributed by atoms with Gasteiger partial charge in [-0.25, -0.2) is 4.79 Å². The summed E-state index contributed by atoms with van der Waals surface area (Å²) >= 11 is 0. The van der Waals surface area contributed by atoms with E-state index in [2.05, 4.69) is 20.8 Å². The lowest BCUT2D eigenvalue weighted by Crippen LogP contribution is -2.31. The Hall–Kier alpha value is -3.12. The van der Waals surface area contributed by atoms with E-state index >= 15 is 0 Å². The number of rotatable bonds is 7. The van der Waals surface area contributed by atoms with Gasteiger partial charge in [-0.15, -0.1) is 0 Å². The molecule has 0 unspecified atom stereocenters. The Kier molecular flexibility index (Phi) is 6.31. The van der Waals surface area contributed by atoms with E-state index in [0.717, 1.165) is 0 Å². The summed E-state index contributed by atoms with van der Waals surface area (Å²) in [5.41, 5.74) is 0.793. The van der Waals surface area contributed by atoms with E-state index in [-0.39, 0.29) is 0 Å². The number of nitrogens with zero attached hydrogens (tertiary/aromatic N) is 3. The predicted octanol–water partition coefficient (Wildman–Crippen LogP) is 2.02. The SMILES string of the molecule is COCCc1noc([C@H](C)NC(=O)Nc2ccc(OC)c(C#N)c2)n1. The maximum absolute atomic E-state index is 12.1. The first-order valence-electron chi connectivity index (χ1n) is 7.54. The molecule has 0 saturated carbocycles. The van der Waals surface area contributed by atoms with Crippen LogP contribution >= 0.6 is 0 Å². The largest absolute Gasteiger partial charge is 0.495 e. The van der Waals surface area contributed by atoms with Gasteiger partial charge in [-0.2, -0.15) is 10.2 Å². The molecule has 1 aromatic heterocycles. The van der Waals surface area contributed by atoms with Gasteiger partial charge < -0.3 is 24.6 Å². The molecule has 25 heavy (non-hydrogen) atoms. The molecule has 2 rings (SSSR count). The fraction of sp³-hybridized carbons (Fsp3) is 0.375. The number of amides is 2. The molecule has 2 aromatic rings. The number of nitriles is 1. The summed E-state index contributed by atoms with van der Waals surface area (Å²) in [6.45, 7) is 2.21. The number of benzene rings is 1. The Labute approximate surface area is 144 Å². The van der Waals surface area contributed by atoms with Crippen molar-refractivity contribution in [1.29, 1.82) is 5.26 Å². The normalized spacial score (nSPS) is 11.4. The van der Waals surface area contributed by atoms with Crippen molar-refractivity contribution in [3.8, 4) is 11.8 Å². The summed E-state index contributed by atoms with van der Waals surface area (Å²) in [5.74, 6) is 1.25. The Bertz CT molecular complexity index is 768. The summed E-state index contributed by atoms with van der Waals surface area (Å²) in [4.78, 5) is 16.3. The highest BCUT2D eigenvalue weighted by Gasteiger charge is 2.17. The second-order valence-electron chi connectivity index (χ2n) is 5.14. The maximum atomic E-state index is 12.1. The van der Waals surface area contributed by atoms with Crippen molar-refractivity contribution in [2.45, 2.75) is 19.4 Å². The van der Waals surface area contributed by atoms with Gasteiger partial charge in [0.25, 0.3) is 0 Å². The molecule has 9 nitrogen and oxygen atoms in total. The zero-order chi connectivity index (χ0) is 18.2. The van der Waals surface area contributed by atoms with Gasteiger partial charge in [0.1, 0.15) is 17.9 Å². The molecule has 0 bridgehead atoms. The average molecular weight is 345 g/mol. The lowest BCUT2D eigenvalue weighted by atomic mass is 10.2. The molecule has 2 amide bonds. The minimum Gasteiger partial charge on any atom is -0.495 e. The minimum atomic E-state index is -0.475. The molecule has 1 heterocycles. The van der Waals surface area contributed by atoms with Crippen molar-refractivity contribution in [2.24, 2.45) is 0 Å². The van der Waals surface area contributed by atoms with Gasteiger partial charge in [-0.3, -0.25) is 0 Å². The Morgan fingerprint density at radius 1 is 1.44 bits per heavy atom. The van der Waals surface area contributed by atoms with Crippen LogP contribution < -0.4 is 15.4 Å². The third kappa shape index (κ3) is 4.92. The van der Waals surface area contributed by atoms with Crippen molar-refractivity contribution in [1.82, 2.24) is 15.5 Å². The second-order valence-corrected chi connectivity index (χ2v) is 5.14. The summed E-state index contributed by atoms with van der Waals surface area (Å²) in [6, 6.07) is 5.85. The molecule has 0 aliphatic carbocycles. The zero-order valence-electron chi connectivity index (χ0n) is 14.2. The molecule has 0 aliphatic heterocycles. The van der Waals surface area contributed by atoms with Crippen LogP contribution in [-0.2, 0) is 11.2 Å². The van der Waals surface area contributed by atoms with Crippen LogP contribution in [0.4, 0.5) is 10.5 Å². The van der Waals surface area contributed by atoms with Crippen LogP contribution in [0, 0.1) is 11.3 Å². The number of methoxy groups -OCH3 is 2.